The van der Waals surface area contributed by atoms with Gasteiger partial charge in [-0.05, 0) is 24.6 Å². The summed E-state index contributed by atoms with van der Waals surface area (Å²) in [4.78, 5) is 18.7. The molecule has 2 rings (SSSR count). The zero-order valence-electron chi connectivity index (χ0n) is 9.21. The van der Waals surface area contributed by atoms with Gasteiger partial charge in [0.05, 0.1) is 0 Å². The number of nitrogens with zero attached hydrogens (tertiary/aromatic N) is 2. The van der Waals surface area contributed by atoms with Crippen molar-refractivity contribution in [3.8, 4) is 0 Å². The van der Waals surface area contributed by atoms with Gasteiger partial charge in [-0.25, -0.2) is 14.8 Å². The summed E-state index contributed by atoms with van der Waals surface area (Å²) in [6, 6.07) is 7.59. The number of aryl methyl sites for hydroxylation is 1. The number of hydrogen-bond acceptors (Lipinski definition) is 4. The van der Waals surface area contributed by atoms with Gasteiger partial charge in [-0.15, -0.1) is 0 Å². The lowest BCUT2D eigenvalue weighted by molar-refractivity contribution is 0.0691. The van der Waals surface area contributed by atoms with Gasteiger partial charge >= 0.3 is 5.97 Å². The molecule has 0 saturated heterocycles. The van der Waals surface area contributed by atoms with E-state index in [1.807, 2.05) is 31.2 Å². The monoisotopic (exact) mass is 229 g/mol. The second-order valence-electron chi connectivity index (χ2n) is 3.55. The molecule has 1 aromatic carbocycles. The molecule has 86 valence electrons. The van der Waals surface area contributed by atoms with Crippen LogP contribution in [-0.2, 0) is 0 Å². The van der Waals surface area contributed by atoms with E-state index in [1.54, 1.807) is 0 Å². The molecule has 0 aliphatic carbocycles. The maximum absolute atomic E-state index is 10.9. The molecule has 17 heavy (non-hydrogen) atoms. The van der Waals surface area contributed by atoms with Gasteiger partial charge in [0.2, 0.25) is 0 Å². The quantitative estimate of drug-likeness (QED) is 0.844. The Morgan fingerprint density at radius 3 is 2.76 bits per heavy atom. The number of carboxylic acid groups (broad SMARTS) is 1. The van der Waals surface area contributed by atoms with Crippen LogP contribution in [0, 0.1) is 6.92 Å². The smallest absolute Gasteiger partial charge is 0.358 e. The normalized spacial score (nSPS) is 9.94. The standard InChI is InChI=1S/C12H11N3O2/c1-8-3-2-4-9(7-8)15-11-10(12(16)17)13-5-6-14-11/h2-7H,1H3,(H,14,15)(H,16,17). The molecule has 0 aliphatic heterocycles. The molecule has 0 bridgehead atoms. The molecule has 2 aromatic rings. The number of carboxylic acids is 1. The van der Waals surface area contributed by atoms with Crippen LogP contribution >= 0.6 is 0 Å². The summed E-state index contributed by atoms with van der Waals surface area (Å²) >= 11 is 0. The third-order valence-electron chi connectivity index (χ3n) is 2.18. The number of aromatic nitrogens is 2. The van der Waals surface area contributed by atoms with Crippen LogP contribution in [0.3, 0.4) is 0 Å². The van der Waals surface area contributed by atoms with Gasteiger partial charge in [0.15, 0.2) is 11.5 Å². The number of carbonyl (C=O) groups is 1. The fourth-order valence-corrected chi connectivity index (χ4v) is 1.45. The summed E-state index contributed by atoms with van der Waals surface area (Å²) in [6.45, 7) is 1.96. The van der Waals surface area contributed by atoms with Crippen molar-refractivity contribution in [2.75, 3.05) is 5.32 Å². The van der Waals surface area contributed by atoms with Crippen LogP contribution in [0.25, 0.3) is 0 Å². The predicted octanol–water partition coefficient (Wildman–Crippen LogP) is 2.23. The summed E-state index contributed by atoms with van der Waals surface area (Å²) < 4.78 is 0. The number of benzene rings is 1. The number of anilines is 2. The fourth-order valence-electron chi connectivity index (χ4n) is 1.45. The number of nitrogens with one attached hydrogen (secondary N) is 1. The summed E-state index contributed by atoms with van der Waals surface area (Å²) in [7, 11) is 0. The van der Waals surface area contributed by atoms with Gasteiger partial charge in [-0.1, -0.05) is 12.1 Å². The van der Waals surface area contributed by atoms with Crippen LogP contribution in [0.2, 0.25) is 0 Å². The average Bonchev–Trinajstić information content (AvgIpc) is 2.29. The van der Waals surface area contributed by atoms with Gasteiger partial charge in [0, 0.05) is 18.1 Å². The lowest BCUT2D eigenvalue weighted by Crippen LogP contribution is -2.07. The van der Waals surface area contributed by atoms with Crippen molar-refractivity contribution in [1.82, 2.24) is 9.97 Å². The summed E-state index contributed by atoms with van der Waals surface area (Å²) in [5, 5.41) is 11.9. The zero-order valence-corrected chi connectivity index (χ0v) is 9.21. The summed E-state index contributed by atoms with van der Waals surface area (Å²) in [6.07, 6.45) is 2.80. The van der Waals surface area contributed by atoms with Crippen LogP contribution in [0.4, 0.5) is 11.5 Å². The Kier molecular flexibility index (Phi) is 3.00. The molecule has 5 heteroatoms. The van der Waals surface area contributed by atoms with Crippen LogP contribution < -0.4 is 5.32 Å². The Morgan fingerprint density at radius 2 is 2.06 bits per heavy atom. The van der Waals surface area contributed by atoms with Crippen molar-refractivity contribution in [3.05, 3.63) is 47.9 Å². The molecule has 0 amide bonds. The van der Waals surface area contributed by atoms with Gasteiger partial charge in [-0.3, -0.25) is 0 Å². The first-order valence-electron chi connectivity index (χ1n) is 5.05. The van der Waals surface area contributed by atoms with Crippen molar-refractivity contribution in [2.45, 2.75) is 6.92 Å². The highest BCUT2D eigenvalue weighted by molar-refractivity contribution is 5.91. The van der Waals surface area contributed by atoms with Crippen LogP contribution in [0.15, 0.2) is 36.7 Å². The number of aromatic carboxylic acids is 1. The van der Waals surface area contributed by atoms with E-state index in [0.29, 0.717) is 0 Å². The van der Waals surface area contributed by atoms with Crippen LogP contribution in [0.1, 0.15) is 16.1 Å². The lowest BCUT2D eigenvalue weighted by atomic mass is 10.2. The van der Waals surface area contributed by atoms with Crippen molar-refractivity contribution in [3.63, 3.8) is 0 Å². The fraction of sp³-hybridized carbons (Fsp3) is 0.0833. The molecule has 2 N–H and O–H groups in total. The Hall–Kier alpha value is -2.43. The minimum atomic E-state index is -1.10. The molecule has 0 fully saturated rings. The molecule has 0 saturated carbocycles. The van der Waals surface area contributed by atoms with Crippen molar-refractivity contribution in [1.29, 1.82) is 0 Å². The molecule has 0 aliphatic rings. The molecule has 0 spiro atoms. The lowest BCUT2D eigenvalue weighted by Gasteiger charge is -2.07. The molecule has 0 unspecified atom stereocenters. The van der Waals surface area contributed by atoms with E-state index in [4.69, 9.17) is 5.11 Å². The van der Waals surface area contributed by atoms with E-state index in [-0.39, 0.29) is 11.5 Å². The van der Waals surface area contributed by atoms with E-state index in [9.17, 15) is 4.79 Å². The molecule has 5 nitrogen and oxygen atoms in total. The van der Waals surface area contributed by atoms with Gasteiger partial charge in [0.25, 0.3) is 0 Å². The summed E-state index contributed by atoms with van der Waals surface area (Å²) in [5.41, 5.74) is 1.78. The first-order valence-corrected chi connectivity index (χ1v) is 5.05. The predicted molar refractivity (Wildman–Crippen MR) is 63.5 cm³/mol. The van der Waals surface area contributed by atoms with E-state index < -0.39 is 5.97 Å². The first kappa shape index (κ1) is 11.1. The Bertz CT molecular complexity index is 555. The average molecular weight is 229 g/mol. The van der Waals surface area contributed by atoms with Gasteiger partial charge in [0.1, 0.15) is 0 Å². The summed E-state index contributed by atoms with van der Waals surface area (Å²) in [5.74, 6) is -0.862. The molecule has 0 radical (unpaired) electrons. The van der Waals surface area contributed by atoms with Gasteiger partial charge < -0.3 is 10.4 Å². The molecule has 1 heterocycles. The maximum Gasteiger partial charge on any atom is 0.358 e. The second kappa shape index (κ2) is 4.61. The highest BCUT2D eigenvalue weighted by atomic mass is 16.4. The Labute approximate surface area is 98.2 Å². The molecule has 1 aromatic heterocycles. The Morgan fingerprint density at radius 1 is 1.29 bits per heavy atom. The number of hydrogen-bond donors (Lipinski definition) is 2. The number of rotatable bonds is 3. The van der Waals surface area contributed by atoms with Crippen LogP contribution in [0.5, 0.6) is 0 Å². The topological polar surface area (TPSA) is 75.1 Å². The third-order valence-corrected chi connectivity index (χ3v) is 2.18. The zero-order chi connectivity index (χ0) is 12.3. The van der Waals surface area contributed by atoms with Crippen LogP contribution in [-0.4, -0.2) is 21.0 Å². The minimum absolute atomic E-state index is 0.0889. The first-order chi connectivity index (χ1) is 8.16. The van der Waals surface area contributed by atoms with E-state index >= 15 is 0 Å². The van der Waals surface area contributed by atoms with Crippen molar-refractivity contribution in [2.24, 2.45) is 0 Å². The Balaban J connectivity index is 2.33. The largest absolute Gasteiger partial charge is 0.476 e. The minimum Gasteiger partial charge on any atom is -0.476 e. The van der Waals surface area contributed by atoms with E-state index in [2.05, 4.69) is 15.3 Å². The van der Waals surface area contributed by atoms with E-state index in [1.165, 1.54) is 12.4 Å². The maximum atomic E-state index is 10.9. The SMILES string of the molecule is Cc1cccc(Nc2nccnc2C(=O)O)c1. The second-order valence-corrected chi connectivity index (χ2v) is 3.55. The van der Waals surface area contributed by atoms with Crippen molar-refractivity contribution < 1.29 is 9.90 Å². The van der Waals surface area contributed by atoms with Gasteiger partial charge in [-0.2, -0.15) is 0 Å². The molecular weight excluding hydrogens is 218 g/mol. The molecular formula is C12H11N3O2. The van der Waals surface area contributed by atoms with E-state index in [0.717, 1.165) is 11.3 Å². The highest BCUT2D eigenvalue weighted by Gasteiger charge is 2.12. The molecule has 0 atom stereocenters. The third kappa shape index (κ3) is 2.57. The highest BCUT2D eigenvalue weighted by Crippen LogP contribution is 2.17. The van der Waals surface area contributed by atoms with Crippen molar-refractivity contribution >= 4 is 17.5 Å².